The Kier molecular flexibility index (Phi) is 15.5. The number of nitrogens with one attached hydrogen (secondary N) is 6. The molecule has 0 fully saturated rings. The van der Waals surface area contributed by atoms with Crippen LogP contribution in [0.15, 0.2) is 82.6 Å². The fourth-order valence-electron chi connectivity index (χ4n) is 5.34. The lowest BCUT2D eigenvalue weighted by molar-refractivity contribution is 0.0941. The zero-order chi connectivity index (χ0) is 42.3. The Labute approximate surface area is 345 Å². The largest absolute Gasteiger partial charge is 0.412 e. The average Bonchev–Trinajstić information content (AvgIpc) is 3.90. The molecule has 20 heteroatoms. The normalized spacial score (nSPS) is 12.8. The molecule has 59 heavy (non-hydrogen) atoms. The predicted molar refractivity (Wildman–Crippen MR) is 217 cm³/mol. The molecule has 2 aliphatic rings. The molecule has 0 saturated heterocycles. The maximum absolute atomic E-state index is 12.7. The summed E-state index contributed by atoms with van der Waals surface area (Å²) in [6, 6.07) is 17.4. The molecule has 6 rings (SSSR count). The lowest BCUT2D eigenvalue weighted by Crippen LogP contribution is -2.28. The van der Waals surface area contributed by atoms with Crippen LogP contribution in [-0.4, -0.2) is 106 Å². The van der Waals surface area contributed by atoms with Crippen LogP contribution in [0.3, 0.4) is 0 Å². The summed E-state index contributed by atoms with van der Waals surface area (Å²) in [4.78, 5) is 97.4. The smallest absolute Gasteiger partial charge is 0.410 e. The van der Waals surface area contributed by atoms with Gasteiger partial charge in [0, 0.05) is 39.3 Å². The molecule has 2 aliphatic carbocycles. The zero-order valence-corrected chi connectivity index (χ0v) is 33.3. The summed E-state index contributed by atoms with van der Waals surface area (Å²) in [6.07, 6.45) is 3.30. The number of thioether (sulfide) groups is 2. The molecule has 4 amide bonds. The topological polar surface area (TPSA) is 260 Å². The van der Waals surface area contributed by atoms with Crippen molar-refractivity contribution in [1.29, 1.82) is 0 Å². The number of allylic oxidation sites excluding steroid dienone is 4. The van der Waals surface area contributed by atoms with E-state index >= 15 is 0 Å². The van der Waals surface area contributed by atoms with Crippen LogP contribution >= 0.6 is 23.5 Å². The van der Waals surface area contributed by atoms with Crippen molar-refractivity contribution in [3.63, 3.8) is 0 Å². The number of para-hydroxylation sites is 2. The number of aromatic amines is 2. The number of benzene rings is 2. The summed E-state index contributed by atoms with van der Waals surface area (Å²) < 4.78 is 10.2. The maximum atomic E-state index is 12.7. The number of hydrogen-bond donors (Lipinski definition) is 6. The third-order valence-corrected chi connectivity index (χ3v) is 10.4. The van der Waals surface area contributed by atoms with Gasteiger partial charge in [0.05, 0.1) is 20.9 Å². The van der Waals surface area contributed by atoms with Crippen LogP contribution in [-0.2, 0) is 0 Å². The van der Waals surface area contributed by atoms with Crippen LogP contribution in [0, 0.1) is 0 Å². The van der Waals surface area contributed by atoms with E-state index in [-0.39, 0.29) is 43.7 Å². The molecule has 2 heterocycles. The van der Waals surface area contributed by atoms with Crippen LogP contribution in [0.1, 0.15) is 81.9 Å². The Morgan fingerprint density at radius 2 is 1.00 bits per heavy atom. The first-order valence-corrected chi connectivity index (χ1v) is 20.0. The molecule has 0 unspecified atom stereocenters. The number of ether oxygens (including phenoxy) is 2. The number of Topliss-reactive ketones (excluding diaryl/α,β-unsaturated/α-hetero) is 2. The van der Waals surface area contributed by atoms with Gasteiger partial charge in [0.1, 0.15) is 34.3 Å². The third kappa shape index (κ3) is 11.4. The van der Waals surface area contributed by atoms with Crippen molar-refractivity contribution >= 4 is 70.7 Å². The highest BCUT2D eigenvalue weighted by Crippen LogP contribution is 2.31. The Morgan fingerprint density at radius 1 is 0.593 bits per heavy atom. The minimum atomic E-state index is -0.567. The Bertz CT molecular complexity index is 2310. The highest BCUT2D eigenvalue weighted by atomic mass is 32.2. The Morgan fingerprint density at radius 3 is 1.42 bits per heavy atom. The SMILES string of the molecule is CNC(=O)c1[nH]nc2c1C(=O)C(SCCCCNC(=O)Oc1ccccc1)=CC2=O.CNC(=O)c1[nH]nc2c1C(=O)C(SCCCNC(=O)Oc1ccccc1)=CC2=O. The standard InChI is InChI=1S/C20H20N4O5S.C19H18N4O5S/c1-21-19(27)17-15-16(23-24-17)13(25)11-14(18(15)26)30-10-6-5-9-22-20(28)29-12-7-3-2-4-8-12;1-20-18(26)16-14-15(22-23-16)12(24)10-13(17(14)25)29-9-5-8-21-19(27)28-11-6-3-2-4-7-11/h2-4,7-8,11H,5-6,9-10H2,1H3,(H,21,27)(H,22,28)(H,23,24);2-4,6-7,10H,5,8-9H2,1H3,(H,20,26)(H,21,27)(H,22,23). The van der Waals surface area contributed by atoms with Crippen molar-refractivity contribution in [2.45, 2.75) is 19.3 Å². The van der Waals surface area contributed by atoms with Crippen molar-refractivity contribution in [2.24, 2.45) is 0 Å². The molecule has 0 saturated carbocycles. The first-order chi connectivity index (χ1) is 28.5. The number of rotatable bonds is 15. The van der Waals surface area contributed by atoms with E-state index in [1.54, 1.807) is 48.5 Å². The van der Waals surface area contributed by atoms with Crippen LogP contribution in [0.25, 0.3) is 0 Å². The predicted octanol–water partition coefficient (Wildman–Crippen LogP) is 4.28. The summed E-state index contributed by atoms with van der Waals surface area (Å²) in [5.74, 6) is -0.730. The molecule has 306 valence electrons. The molecule has 2 aromatic carbocycles. The second-order valence-electron chi connectivity index (χ2n) is 12.2. The third-order valence-electron chi connectivity index (χ3n) is 8.19. The number of carbonyl (C=O) groups is 8. The molecule has 6 N–H and O–H groups in total. The number of nitrogens with zero attached hydrogens (tertiary/aromatic N) is 2. The van der Waals surface area contributed by atoms with Gasteiger partial charge in [-0.1, -0.05) is 36.4 Å². The van der Waals surface area contributed by atoms with Crippen LogP contribution in [0.5, 0.6) is 11.5 Å². The number of amides is 4. The number of H-pyrrole nitrogens is 2. The van der Waals surface area contributed by atoms with E-state index in [1.165, 1.54) is 49.8 Å². The molecule has 0 aliphatic heterocycles. The highest BCUT2D eigenvalue weighted by molar-refractivity contribution is 8.04. The molecule has 0 radical (unpaired) electrons. The molecule has 18 nitrogen and oxygen atoms in total. The van der Waals surface area contributed by atoms with Gasteiger partial charge in [0.25, 0.3) is 11.8 Å². The van der Waals surface area contributed by atoms with Gasteiger partial charge in [0.2, 0.25) is 23.1 Å². The quantitative estimate of drug-likeness (QED) is 0.0914. The highest BCUT2D eigenvalue weighted by Gasteiger charge is 2.35. The molecule has 2 aromatic heterocycles. The zero-order valence-electron chi connectivity index (χ0n) is 31.7. The summed E-state index contributed by atoms with van der Waals surface area (Å²) in [7, 11) is 2.85. The maximum Gasteiger partial charge on any atom is 0.412 e. The number of hydrogen-bond acceptors (Lipinski definition) is 14. The van der Waals surface area contributed by atoms with Gasteiger partial charge in [0.15, 0.2) is 0 Å². The fraction of sp³-hybridized carbons (Fsp3) is 0.231. The number of carbonyl (C=O) groups excluding carboxylic acids is 8. The number of fused-ring (bicyclic) bond motifs is 2. The Balaban J connectivity index is 0.000000224. The lowest BCUT2D eigenvalue weighted by atomic mass is 9.99. The molecule has 0 atom stereocenters. The average molecular weight is 843 g/mol. The van der Waals surface area contributed by atoms with E-state index in [0.717, 1.165) is 0 Å². The fourth-order valence-corrected chi connectivity index (χ4v) is 7.26. The van der Waals surface area contributed by atoms with E-state index in [0.29, 0.717) is 55.4 Å². The van der Waals surface area contributed by atoms with Crippen LogP contribution < -0.4 is 30.7 Å². The van der Waals surface area contributed by atoms with Gasteiger partial charge in [-0.2, -0.15) is 10.2 Å². The number of unbranched alkanes of at least 4 members (excludes halogenated alkanes) is 1. The number of aromatic nitrogens is 4. The van der Waals surface area contributed by atoms with E-state index in [4.69, 9.17) is 9.47 Å². The van der Waals surface area contributed by atoms with Crippen LogP contribution in [0.2, 0.25) is 0 Å². The second kappa shape index (κ2) is 21.1. The number of ketones is 4. The van der Waals surface area contributed by atoms with Crippen LogP contribution in [0.4, 0.5) is 9.59 Å². The Hall–Kier alpha value is -6.80. The summed E-state index contributed by atoms with van der Waals surface area (Å²) >= 11 is 2.42. The van der Waals surface area contributed by atoms with Crippen molar-refractivity contribution in [2.75, 3.05) is 38.7 Å². The van der Waals surface area contributed by atoms with E-state index in [1.807, 2.05) is 12.1 Å². The van der Waals surface area contributed by atoms with E-state index < -0.39 is 47.1 Å². The molecule has 0 bridgehead atoms. The van der Waals surface area contributed by atoms with Gasteiger partial charge in [-0.25, -0.2) is 9.59 Å². The minimum Gasteiger partial charge on any atom is -0.410 e. The first kappa shape index (κ1) is 43.3. The van der Waals surface area contributed by atoms with Crippen molar-refractivity contribution < 1.29 is 47.8 Å². The van der Waals surface area contributed by atoms with Crippen molar-refractivity contribution in [3.8, 4) is 11.5 Å². The van der Waals surface area contributed by atoms with Crippen molar-refractivity contribution in [1.82, 2.24) is 41.7 Å². The monoisotopic (exact) mass is 842 g/mol. The lowest BCUT2D eigenvalue weighted by Gasteiger charge is -2.12. The van der Waals surface area contributed by atoms with Gasteiger partial charge in [-0.05, 0) is 55.0 Å². The minimum absolute atomic E-state index is 0.00896. The van der Waals surface area contributed by atoms with Gasteiger partial charge in [-0.15, -0.1) is 23.5 Å². The van der Waals surface area contributed by atoms with Gasteiger partial charge >= 0.3 is 12.2 Å². The van der Waals surface area contributed by atoms with Gasteiger partial charge in [-0.3, -0.25) is 39.0 Å². The van der Waals surface area contributed by atoms with Gasteiger partial charge < -0.3 is 30.7 Å². The molecular formula is C39H38N8O10S2. The summed E-state index contributed by atoms with van der Waals surface area (Å²) in [5.41, 5.74) is -0.138. The van der Waals surface area contributed by atoms with E-state index in [9.17, 15) is 38.4 Å². The van der Waals surface area contributed by atoms with Crippen molar-refractivity contribution in [3.05, 3.63) is 117 Å². The van der Waals surface area contributed by atoms with E-state index in [2.05, 4.69) is 41.7 Å². The summed E-state index contributed by atoms with van der Waals surface area (Å²) in [6.45, 7) is 0.763. The molecule has 0 spiro atoms. The second-order valence-corrected chi connectivity index (χ2v) is 14.5. The first-order valence-electron chi connectivity index (χ1n) is 18.0. The molecular weight excluding hydrogens is 805 g/mol. The summed E-state index contributed by atoms with van der Waals surface area (Å²) in [5, 5.41) is 22.6. The molecule has 4 aromatic rings.